The van der Waals surface area contributed by atoms with Crippen molar-refractivity contribution >= 4 is 22.2 Å². The fourth-order valence-electron chi connectivity index (χ4n) is 1.28. The van der Waals surface area contributed by atoms with E-state index in [2.05, 4.69) is 15.9 Å². The lowest BCUT2D eigenvalue weighted by Gasteiger charge is -2.11. The molecule has 0 aromatic heterocycles. The summed E-state index contributed by atoms with van der Waals surface area (Å²) in [5.41, 5.74) is 0.587. The first-order chi connectivity index (χ1) is 7.11. The van der Waals surface area contributed by atoms with Crippen LogP contribution in [0, 0.1) is 5.82 Å². The van der Waals surface area contributed by atoms with Gasteiger partial charge < -0.3 is 14.6 Å². The normalized spacial score (nSPS) is 10.1. The maximum atomic E-state index is 13.1. The van der Waals surface area contributed by atoms with E-state index in [1.54, 1.807) is 0 Å². The molecule has 0 saturated carbocycles. The van der Waals surface area contributed by atoms with E-state index in [4.69, 9.17) is 4.74 Å². The zero-order chi connectivity index (χ0) is 11.4. The highest BCUT2D eigenvalue weighted by atomic mass is 79.9. The Balaban J connectivity index is 3.22. The Hall–Kier alpha value is -1.10. The molecule has 0 heterocycles. The molecule has 5 heteroatoms. The molecule has 0 aliphatic rings. The fourth-order valence-corrected chi connectivity index (χ4v) is 1.86. The van der Waals surface area contributed by atoms with Crippen LogP contribution in [0.1, 0.15) is 12.0 Å². The Morgan fingerprint density at radius 3 is 2.87 bits per heavy atom. The summed E-state index contributed by atoms with van der Waals surface area (Å²) in [7, 11) is 1.34. The number of benzene rings is 1. The lowest BCUT2D eigenvalue weighted by molar-refractivity contribution is -0.107. The molecule has 1 N–H and O–H groups in total. The average Bonchev–Trinajstić information content (AvgIpc) is 2.21. The van der Waals surface area contributed by atoms with Gasteiger partial charge in [-0.15, -0.1) is 0 Å². The predicted molar refractivity (Wildman–Crippen MR) is 56.7 cm³/mol. The number of aromatic hydroxyl groups is 1. The quantitative estimate of drug-likeness (QED) is 0.860. The van der Waals surface area contributed by atoms with Crippen LogP contribution in [0.15, 0.2) is 10.5 Å². The van der Waals surface area contributed by atoms with Gasteiger partial charge in [-0.1, -0.05) is 15.9 Å². The fraction of sp³-hybridized carbons (Fsp3) is 0.300. The third kappa shape index (κ3) is 2.47. The predicted octanol–water partition coefficient (Wildman–Crippen LogP) is 2.43. The lowest BCUT2D eigenvalue weighted by atomic mass is 10.1. The van der Waals surface area contributed by atoms with Crippen molar-refractivity contribution in [2.24, 2.45) is 0 Å². The van der Waals surface area contributed by atoms with Crippen LogP contribution < -0.4 is 4.74 Å². The first kappa shape index (κ1) is 12.0. The highest BCUT2D eigenvalue weighted by molar-refractivity contribution is 9.10. The van der Waals surface area contributed by atoms with Gasteiger partial charge in [0.25, 0.3) is 0 Å². The van der Waals surface area contributed by atoms with E-state index in [0.29, 0.717) is 22.9 Å². The summed E-state index contributed by atoms with van der Waals surface area (Å²) in [5, 5.41) is 9.39. The third-order valence-corrected chi connectivity index (χ3v) is 2.68. The second-order valence-corrected chi connectivity index (χ2v) is 3.76. The van der Waals surface area contributed by atoms with E-state index < -0.39 is 11.6 Å². The first-order valence-electron chi connectivity index (χ1n) is 4.29. The van der Waals surface area contributed by atoms with Crippen molar-refractivity contribution in [2.45, 2.75) is 12.8 Å². The summed E-state index contributed by atoms with van der Waals surface area (Å²) in [6.07, 6.45) is 1.44. The molecule has 0 bridgehead atoms. The van der Waals surface area contributed by atoms with E-state index in [-0.39, 0.29) is 5.75 Å². The number of halogens is 2. The van der Waals surface area contributed by atoms with Crippen molar-refractivity contribution in [1.82, 2.24) is 0 Å². The number of phenols is 1. The number of hydrogen-bond donors (Lipinski definition) is 1. The number of methoxy groups -OCH3 is 1. The van der Waals surface area contributed by atoms with Gasteiger partial charge in [0.2, 0.25) is 0 Å². The molecule has 0 fully saturated rings. The molecular formula is C10H10BrFO3. The largest absolute Gasteiger partial charge is 0.502 e. The standard InChI is InChI=1S/C10H10BrFO3/c1-15-10-6(3-2-4-13)7(11)5-8(12)9(10)14/h4-5,14H,2-3H2,1H3. The SMILES string of the molecule is COc1c(O)c(F)cc(Br)c1CCC=O. The number of aldehydes is 1. The topological polar surface area (TPSA) is 46.5 Å². The smallest absolute Gasteiger partial charge is 0.194 e. The molecule has 0 radical (unpaired) electrons. The van der Waals surface area contributed by atoms with E-state index in [1.807, 2.05) is 0 Å². The molecule has 1 aromatic carbocycles. The Kier molecular flexibility index (Phi) is 4.08. The summed E-state index contributed by atoms with van der Waals surface area (Å²) in [4.78, 5) is 10.2. The van der Waals surface area contributed by atoms with Crippen LogP contribution in [-0.4, -0.2) is 18.5 Å². The minimum absolute atomic E-state index is 0.0729. The Labute approximate surface area is 95.0 Å². The van der Waals surface area contributed by atoms with Gasteiger partial charge >= 0.3 is 0 Å². The van der Waals surface area contributed by atoms with Crippen LogP contribution in [-0.2, 0) is 11.2 Å². The molecule has 0 aliphatic carbocycles. The van der Waals surface area contributed by atoms with Crippen molar-refractivity contribution in [1.29, 1.82) is 0 Å². The molecule has 0 unspecified atom stereocenters. The van der Waals surface area contributed by atoms with Gasteiger partial charge in [0.15, 0.2) is 17.3 Å². The minimum atomic E-state index is -0.756. The maximum absolute atomic E-state index is 13.1. The second-order valence-electron chi connectivity index (χ2n) is 2.91. The Bertz CT molecular complexity index is 379. The molecule has 1 aromatic rings. The molecule has 3 nitrogen and oxygen atoms in total. The maximum Gasteiger partial charge on any atom is 0.194 e. The van der Waals surface area contributed by atoms with Crippen molar-refractivity contribution in [3.63, 3.8) is 0 Å². The van der Waals surface area contributed by atoms with E-state index in [1.165, 1.54) is 7.11 Å². The molecule has 0 aliphatic heterocycles. The van der Waals surface area contributed by atoms with E-state index >= 15 is 0 Å². The number of carbonyl (C=O) groups excluding carboxylic acids is 1. The first-order valence-corrected chi connectivity index (χ1v) is 5.08. The van der Waals surface area contributed by atoms with Gasteiger partial charge in [-0.25, -0.2) is 4.39 Å². The van der Waals surface area contributed by atoms with E-state index in [0.717, 1.165) is 12.4 Å². The summed E-state index contributed by atoms with van der Waals surface area (Å²) in [6, 6.07) is 1.15. The van der Waals surface area contributed by atoms with Crippen molar-refractivity contribution in [3.05, 3.63) is 21.9 Å². The number of carbonyl (C=O) groups is 1. The molecule has 1 rings (SSSR count). The number of hydrogen-bond acceptors (Lipinski definition) is 3. The van der Waals surface area contributed by atoms with Gasteiger partial charge in [0.1, 0.15) is 6.29 Å². The van der Waals surface area contributed by atoms with Gasteiger partial charge in [0.05, 0.1) is 7.11 Å². The highest BCUT2D eigenvalue weighted by Crippen LogP contribution is 2.38. The molecule has 0 spiro atoms. The van der Waals surface area contributed by atoms with Crippen LogP contribution in [0.3, 0.4) is 0 Å². The van der Waals surface area contributed by atoms with Gasteiger partial charge in [-0.05, 0) is 12.5 Å². The molecule has 0 atom stereocenters. The van der Waals surface area contributed by atoms with E-state index in [9.17, 15) is 14.3 Å². The minimum Gasteiger partial charge on any atom is -0.502 e. The lowest BCUT2D eigenvalue weighted by Crippen LogP contribution is -1.97. The van der Waals surface area contributed by atoms with Gasteiger partial charge in [-0.3, -0.25) is 0 Å². The summed E-state index contributed by atoms with van der Waals surface area (Å²) in [5.74, 6) is -1.21. The summed E-state index contributed by atoms with van der Waals surface area (Å²) < 4.78 is 18.5. The molecule has 0 saturated heterocycles. The number of rotatable bonds is 4. The van der Waals surface area contributed by atoms with Gasteiger partial charge in [-0.2, -0.15) is 0 Å². The molecular weight excluding hydrogens is 267 g/mol. The summed E-state index contributed by atoms with van der Waals surface area (Å²) >= 11 is 3.16. The van der Waals surface area contributed by atoms with Gasteiger partial charge in [0, 0.05) is 16.5 Å². The zero-order valence-corrected chi connectivity index (χ0v) is 9.67. The average molecular weight is 277 g/mol. The van der Waals surface area contributed by atoms with Crippen LogP contribution in [0.4, 0.5) is 4.39 Å². The van der Waals surface area contributed by atoms with Crippen LogP contribution >= 0.6 is 15.9 Å². The monoisotopic (exact) mass is 276 g/mol. The zero-order valence-electron chi connectivity index (χ0n) is 8.09. The third-order valence-electron chi connectivity index (χ3n) is 1.97. The van der Waals surface area contributed by atoms with Crippen LogP contribution in [0.2, 0.25) is 0 Å². The number of phenolic OH excluding ortho intramolecular Hbond substituents is 1. The molecule has 0 amide bonds. The summed E-state index contributed by atoms with van der Waals surface area (Å²) in [6.45, 7) is 0. The Morgan fingerprint density at radius 2 is 2.33 bits per heavy atom. The van der Waals surface area contributed by atoms with Crippen LogP contribution in [0.5, 0.6) is 11.5 Å². The Morgan fingerprint density at radius 1 is 1.67 bits per heavy atom. The second kappa shape index (κ2) is 5.11. The molecule has 15 heavy (non-hydrogen) atoms. The van der Waals surface area contributed by atoms with Crippen molar-refractivity contribution < 1.29 is 19.0 Å². The highest BCUT2D eigenvalue weighted by Gasteiger charge is 2.16. The number of ether oxygens (including phenoxy) is 1. The van der Waals surface area contributed by atoms with Crippen LogP contribution in [0.25, 0.3) is 0 Å². The van der Waals surface area contributed by atoms with Crippen molar-refractivity contribution in [2.75, 3.05) is 7.11 Å². The van der Waals surface area contributed by atoms with Crippen molar-refractivity contribution in [3.8, 4) is 11.5 Å². The molecule has 82 valence electrons.